The predicted molar refractivity (Wildman–Crippen MR) is 63.7 cm³/mol. The number of carbonyl (C=O) groups excluding carboxylic acids is 2. The minimum Gasteiger partial charge on any atom is -0.507 e. The van der Waals surface area contributed by atoms with Gasteiger partial charge in [0.2, 0.25) is 5.91 Å². The van der Waals surface area contributed by atoms with Gasteiger partial charge in [0.1, 0.15) is 5.75 Å². The third-order valence-electron chi connectivity index (χ3n) is 2.01. The van der Waals surface area contributed by atoms with Gasteiger partial charge >= 0.3 is 0 Å². The number of benzene rings is 1. The van der Waals surface area contributed by atoms with Crippen LogP contribution in [0.15, 0.2) is 18.2 Å². The Bertz CT molecular complexity index is 483. The minimum absolute atomic E-state index is 0.0520. The number of aldehydes is 1. The van der Waals surface area contributed by atoms with Gasteiger partial charge < -0.3 is 10.4 Å². The van der Waals surface area contributed by atoms with Crippen LogP contribution in [-0.4, -0.2) is 23.8 Å². The molecule has 17 heavy (non-hydrogen) atoms. The number of rotatable bonds is 3. The number of hydrogen-bond donors (Lipinski definition) is 2. The molecule has 1 amide bonds. The van der Waals surface area contributed by atoms with Crippen LogP contribution in [0.25, 0.3) is 0 Å². The van der Waals surface area contributed by atoms with Gasteiger partial charge in [-0.15, -0.1) is 0 Å². The molecule has 1 rings (SSSR count). The summed E-state index contributed by atoms with van der Waals surface area (Å²) >= 11 is 0. The highest BCUT2D eigenvalue weighted by atomic mass is 16.3. The van der Waals surface area contributed by atoms with Crippen molar-refractivity contribution in [3.63, 3.8) is 0 Å². The van der Waals surface area contributed by atoms with Crippen LogP contribution < -0.4 is 5.32 Å². The molecule has 0 saturated heterocycles. The molecule has 4 nitrogen and oxygen atoms in total. The van der Waals surface area contributed by atoms with E-state index in [1.807, 2.05) is 0 Å². The van der Waals surface area contributed by atoms with Crippen LogP contribution in [0, 0.1) is 11.8 Å². The highest BCUT2D eigenvalue weighted by Gasteiger charge is 1.99. The number of amides is 1. The van der Waals surface area contributed by atoms with Gasteiger partial charge in [0.25, 0.3) is 0 Å². The standard InChI is InChI=1S/C13H13NO3/c1-10(16)14-7-3-2-4-11-5-6-13(17)12(8-11)9-15/h5-6,8-9,17H,3,7H2,1H3,(H,14,16). The maximum atomic E-state index is 10.6. The first-order chi connectivity index (χ1) is 8.13. The van der Waals surface area contributed by atoms with Crippen molar-refractivity contribution in [3.8, 4) is 17.6 Å². The van der Waals surface area contributed by atoms with Gasteiger partial charge in [-0.05, 0) is 18.2 Å². The summed E-state index contributed by atoms with van der Waals surface area (Å²) < 4.78 is 0. The SMILES string of the molecule is CC(=O)NCCC#Cc1ccc(O)c(C=O)c1. The second-order valence-electron chi connectivity index (χ2n) is 3.43. The molecular formula is C13H13NO3. The summed E-state index contributed by atoms with van der Waals surface area (Å²) in [6.45, 7) is 1.95. The Morgan fingerprint density at radius 1 is 1.53 bits per heavy atom. The molecule has 0 aromatic heterocycles. The lowest BCUT2D eigenvalue weighted by molar-refractivity contribution is -0.118. The smallest absolute Gasteiger partial charge is 0.216 e. The molecule has 0 heterocycles. The zero-order valence-electron chi connectivity index (χ0n) is 9.49. The zero-order valence-corrected chi connectivity index (χ0v) is 9.49. The fraction of sp³-hybridized carbons (Fsp3) is 0.231. The summed E-state index contributed by atoms with van der Waals surface area (Å²) in [6.07, 6.45) is 1.12. The Balaban J connectivity index is 2.60. The van der Waals surface area contributed by atoms with E-state index in [0.29, 0.717) is 24.8 Å². The average molecular weight is 231 g/mol. The monoisotopic (exact) mass is 231 g/mol. The molecule has 0 saturated carbocycles. The van der Waals surface area contributed by atoms with Gasteiger partial charge in [0.15, 0.2) is 6.29 Å². The molecular weight excluding hydrogens is 218 g/mol. The van der Waals surface area contributed by atoms with Crippen LogP contribution in [0.2, 0.25) is 0 Å². The first-order valence-electron chi connectivity index (χ1n) is 5.15. The molecule has 0 fully saturated rings. The van der Waals surface area contributed by atoms with Gasteiger partial charge in [-0.2, -0.15) is 0 Å². The molecule has 88 valence electrons. The molecule has 0 aliphatic heterocycles. The Kier molecular flexibility index (Phi) is 4.77. The molecule has 0 radical (unpaired) electrons. The van der Waals surface area contributed by atoms with Gasteiger partial charge in [-0.3, -0.25) is 9.59 Å². The van der Waals surface area contributed by atoms with E-state index < -0.39 is 0 Å². The maximum absolute atomic E-state index is 10.6. The lowest BCUT2D eigenvalue weighted by atomic mass is 10.1. The highest BCUT2D eigenvalue weighted by molar-refractivity contribution is 5.79. The quantitative estimate of drug-likeness (QED) is 0.465. The van der Waals surface area contributed by atoms with Crippen LogP contribution in [0.1, 0.15) is 29.3 Å². The Labute approximate surface area is 99.7 Å². The first kappa shape index (κ1) is 12.8. The van der Waals surface area contributed by atoms with Gasteiger partial charge in [-0.25, -0.2) is 0 Å². The van der Waals surface area contributed by atoms with E-state index in [9.17, 15) is 14.7 Å². The third kappa shape index (κ3) is 4.39. The molecule has 0 bridgehead atoms. The molecule has 4 heteroatoms. The zero-order chi connectivity index (χ0) is 12.7. The van der Waals surface area contributed by atoms with E-state index in [1.165, 1.54) is 19.1 Å². The lowest BCUT2D eigenvalue weighted by Gasteiger charge is -1.97. The van der Waals surface area contributed by atoms with Crippen molar-refractivity contribution < 1.29 is 14.7 Å². The number of aromatic hydroxyl groups is 1. The molecule has 0 atom stereocenters. The Morgan fingerprint density at radius 2 is 2.29 bits per heavy atom. The number of nitrogens with one attached hydrogen (secondary N) is 1. The molecule has 0 aliphatic rings. The van der Waals surface area contributed by atoms with E-state index in [4.69, 9.17) is 0 Å². The molecule has 1 aromatic rings. The van der Waals surface area contributed by atoms with Crippen molar-refractivity contribution in [1.29, 1.82) is 0 Å². The van der Waals surface area contributed by atoms with Crippen molar-refractivity contribution in [3.05, 3.63) is 29.3 Å². The van der Waals surface area contributed by atoms with Crippen LogP contribution in [0.4, 0.5) is 0 Å². The van der Waals surface area contributed by atoms with Crippen molar-refractivity contribution in [2.45, 2.75) is 13.3 Å². The van der Waals surface area contributed by atoms with Crippen LogP contribution in [-0.2, 0) is 4.79 Å². The molecule has 0 unspecified atom stereocenters. The fourth-order valence-corrected chi connectivity index (χ4v) is 1.19. The van der Waals surface area contributed by atoms with E-state index in [2.05, 4.69) is 17.2 Å². The molecule has 2 N–H and O–H groups in total. The van der Waals surface area contributed by atoms with Crippen molar-refractivity contribution in [2.75, 3.05) is 6.54 Å². The second-order valence-corrected chi connectivity index (χ2v) is 3.43. The topological polar surface area (TPSA) is 66.4 Å². The Morgan fingerprint density at radius 3 is 2.94 bits per heavy atom. The summed E-state index contributed by atoms with van der Waals surface area (Å²) in [7, 11) is 0. The Hall–Kier alpha value is -2.28. The summed E-state index contributed by atoms with van der Waals surface area (Å²) in [5.74, 6) is 5.58. The average Bonchev–Trinajstić information content (AvgIpc) is 2.30. The highest BCUT2D eigenvalue weighted by Crippen LogP contribution is 2.15. The number of carbonyl (C=O) groups is 2. The molecule has 1 aromatic carbocycles. The van der Waals surface area contributed by atoms with Gasteiger partial charge in [0, 0.05) is 25.5 Å². The normalized spacial score (nSPS) is 9.00. The van der Waals surface area contributed by atoms with E-state index in [1.54, 1.807) is 6.07 Å². The molecule has 0 aliphatic carbocycles. The molecule has 0 spiro atoms. The fourth-order valence-electron chi connectivity index (χ4n) is 1.19. The minimum atomic E-state index is -0.0836. The van der Waals surface area contributed by atoms with Crippen molar-refractivity contribution in [2.24, 2.45) is 0 Å². The van der Waals surface area contributed by atoms with Crippen LogP contribution in [0.5, 0.6) is 5.75 Å². The first-order valence-corrected chi connectivity index (χ1v) is 5.15. The second kappa shape index (κ2) is 6.33. The summed E-state index contributed by atoms with van der Waals surface area (Å²) in [5.41, 5.74) is 0.881. The number of phenols is 1. The predicted octanol–water partition coefficient (Wildman–Crippen LogP) is 1.08. The number of phenolic OH excluding ortho intramolecular Hbond substituents is 1. The summed E-state index contributed by atoms with van der Waals surface area (Å²) in [4.78, 5) is 21.1. The van der Waals surface area contributed by atoms with Crippen molar-refractivity contribution >= 4 is 12.2 Å². The van der Waals surface area contributed by atoms with Gasteiger partial charge in [-0.1, -0.05) is 11.8 Å². The van der Waals surface area contributed by atoms with Crippen LogP contribution in [0.3, 0.4) is 0 Å². The van der Waals surface area contributed by atoms with E-state index >= 15 is 0 Å². The largest absolute Gasteiger partial charge is 0.507 e. The lowest BCUT2D eigenvalue weighted by Crippen LogP contribution is -2.20. The maximum Gasteiger partial charge on any atom is 0.216 e. The number of hydrogen-bond acceptors (Lipinski definition) is 3. The van der Waals surface area contributed by atoms with Crippen LogP contribution >= 0.6 is 0 Å². The van der Waals surface area contributed by atoms with E-state index in [-0.39, 0.29) is 17.2 Å². The van der Waals surface area contributed by atoms with Crippen molar-refractivity contribution in [1.82, 2.24) is 5.32 Å². The summed E-state index contributed by atoms with van der Waals surface area (Å²) in [6, 6.07) is 4.59. The van der Waals surface area contributed by atoms with Gasteiger partial charge in [0.05, 0.1) is 5.56 Å². The third-order valence-corrected chi connectivity index (χ3v) is 2.01. The summed E-state index contributed by atoms with van der Waals surface area (Å²) in [5, 5.41) is 11.9. The van der Waals surface area contributed by atoms with E-state index in [0.717, 1.165) is 0 Å².